The molecule has 0 unspecified atom stereocenters. The quantitative estimate of drug-likeness (QED) is 0.00944. The lowest BCUT2D eigenvalue weighted by Crippen LogP contribution is -2.29. The Bertz CT molecular complexity index is 5350. The van der Waals surface area contributed by atoms with Crippen LogP contribution in [0.1, 0.15) is 154 Å². The zero-order valence-electron chi connectivity index (χ0n) is 67.6. The van der Waals surface area contributed by atoms with Crippen LogP contribution in [0.15, 0.2) is 268 Å². The zero-order chi connectivity index (χ0) is 87.3. The van der Waals surface area contributed by atoms with Crippen molar-refractivity contribution in [2.45, 2.75) is 87.4 Å². The van der Waals surface area contributed by atoms with Crippen LogP contribution in [0.2, 0.25) is 0 Å². The van der Waals surface area contributed by atoms with E-state index in [4.69, 9.17) is 51.2 Å². The third-order valence-electron chi connectivity index (χ3n) is 15.9. The Morgan fingerprint density at radius 3 is 1.14 bits per heavy atom. The average Bonchev–Trinajstić information content (AvgIpc) is 0.827. The smallest absolute Gasteiger partial charge is 0.375 e. The number of ketones is 7. The zero-order valence-corrected chi connectivity index (χ0v) is 67.6. The fraction of sp³-hybridized carbons (Fsp3) is 0.231. The molecule has 10 rings (SSSR count). The molecule has 0 aliphatic heterocycles. The monoisotopic (exact) mass is 1630 g/mol. The molecule has 0 fully saturated rings. The second-order valence-corrected chi connectivity index (χ2v) is 26.0. The fourth-order valence-electron chi connectivity index (χ4n) is 9.88. The van der Waals surface area contributed by atoms with E-state index in [2.05, 4.69) is 5.32 Å². The number of allylic oxidation sites excluding steroid dienone is 1. The molecule has 4 aromatic heterocycles. The number of hydrogen-bond donors (Lipinski definition) is 2. The predicted octanol–water partition coefficient (Wildman–Crippen LogP) is 12.8. The summed E-state index contributed by atoms with van der Waals surface area (Å²) in [6.45, 7) is 9.15. The van der Waals surface area contributed by atoms with Gasteiger partial charge in [-0.15, -0.1) is 0 Å². The SMILES string of the molecule is CC(=O)/C(=C\N(C)C)C(=O)COCc1ccccc1.CC(=O)/C=C/N(C)C.CC(=O)c1coc(C(=O)O)c(OCc2ccccc2)c1=O.CC(=O)c1coc(C=O)c(OCc2ccccc2)c1=O.CC(=O)c1coc(CCc2ccccc2)c(OCc2ccccc2)c1=O.COCCNC(=O)c1occ(C(C)=O)c(=O)c1OCc1ccccc1. The number of Topliss-reactive ketones (excluding diaryl/α,β-unsaturated/α-hetero) is 6. The summed E-state index contributed by atoms with van der Waals surface area (Å²) in [4.78, 5) is 166. The number of nitrogens with zero attached hydrogens (tertiary/aromatic N) is 2. The number of rotatable bonds is 34. The lowest BCUT2D eigenvalue weighted by atomic mass is 10.1. The molecule has 4 heterocycles. The maximum Gasteiger partial charge on any atom is 0.375 e. The predicted molar refractivity (Wildman–Crippen MR) is 440 cm³/mol. The molecule has 0 bridgehead atoms. The van der Waals surface area contributed by atoms with E-state index < -0.39 is 62.5 Å². The van der Waals surface area contributed by atoms with Crippen molar-refractivity contribution in [2.75, 3.05) is 55.1 Å². The Labute approximate surface area is 685 Å². The van der Waals surface area contributed by atoms with Crippen molar-refractivity contribution in [3.8, 4) is 23.0 Å². The molecule has 0 saturated carbocycles. The van der Waals surface area contributed by atoms with Crippen molar-refractivity contribution in [2.24, 2.45) is 0 Å². The normalized spacial score (nSPS) is 10.4. The molecular formula is C91H93N3O25. The standard InChI is InChI=1S/C22H20O4.C18H19NO6.C15H19NO3.C15H12O6.C15H12O5.C6H11NO/c1-16(23)19-15-25-20(13-12-17-8-4-2-5-9-17)22(21(19)24)26-14-18-10-6-3-7-11-18;1-12(20)14-11-25-17(18(22)19-8-9-23-2)16(15(14)21)24-10-13-6-4-3-5-7-13;1-12(17)14(9-16(2)3)15(18)11-19-10-13-7-5-4-6-8-13;1-9(16)11-8-21-14(15(18)19)13(12(11)17)20-7-10-5-3-2-4-6-10;1-10(17)12-9-19-13(7-16)15(14(12)18)20-8-11-5-3-2-4-6-11;1-6(8)4-5-7(2)3/h2-11,15H,12-14H2,1H3;3-7,11H,8-10H2,1-2H3,(H,19,22);4-9H,10-11H2,1-3H3;2-6,8H,7H2,1H3,(H,18,19);2-7,9H,8H2,1H3;4-5H,1-3H3/b;;14-9+;;;5-4+. The van der Waals surface area contributed by atoms with Crippen LogP contribution < -0.4 is 46.0 Å². The highest BCUT2D eigenvalue weighted by molar-refractivity contribution is 6.19. The minimum atomic E-state index is -1.44. The lowest BCUT2D eigenvalue weighted by molar-refractivity contribution is -0.124. The van der Waals surface area contributed by atoms with Crippen molar-refractivity contribution < 1.29 is 99.1 Å². The van der Waals surface area contributed by atoms with Gasteiger partial charge in [-0.1, -0.05) is 182 Å². The van der Waals surface area contributed by atoms with Gasteiger partial charge in [-0.25, -0.2) is 4.79 Å². The van der Waals surface area contributed by atoms with E-state index in [1.807, 2.05) is 177 Å². The Morgan fingerprint density at radius 2 is 0.782 bits per heavy atom. The second kappa shape index (κ2) is 50.8. The minimum absolute atomic E-state index is 0.00671. The van der Waals surface area contributed by atoms with Gasteiger partial charge in [0.1, 0.15) is 86.1 Å². The lowest BCUT2D eigenvalue weighted by Gasteiger charge is -2.11. The van der Waals surface area contributed by atoms with E-state index in [0.717, 1.165) is 52.2 Å². The highest BCUT2D eigenvalue weighted by Gasteiger charge is 2.26. The van der Waals surface area contributed by atoms with Gasteiger partial charge in [-0.05, 0) is 87.4 Å². The molecule has 0 spiro atoms. The summed E-state index contributed by atoms with van der Waals surface area (Å²) >= 11 is 0. The summed E-state index contributed by atoms with van der Waals surface area (Å²) in [7, 11) is 8.78. The van der Waals surface area contributed by atoms with Crippen LogP contribution in [-0.4, -0.2) is 129 Å². The van der Waals surface area contributed by atoms with E-state index in [0.29, 0.717) is 38.1 Å². The Kier molecular flexibility index (Phi) is 40.6. The Hall–Kier alpha value is -14.4. The Morgan fingerprint density at radius 1 is 0.429 bits per heavy atom. The van der Waals surface area contributed by atoms with E-state index in [-0.39, 0.29) is 119 Å². The van der Waals surface area contributed by atoms with Gasteiger partial charge in [0.25, 0.3) is 11.7 Å². The van der Waals surface area contributed by atoms with Gasteiger partial charge in [0.2, 0.25) is 56.2 Å². The first-order valence-corrected chi connectivity index (χ1v) is 36.7. The highest BCUT2D eigenvalue weighted by Crippen LogP contribution is 2.23. The van der Waals surface area contributed by atoms with Crippen molar-refractivity contribution in [3.63, 3.8) is 0 Å². The first-order valence-electron chi connectivity index (χ1n) is 36.7. The molecule has 119 heavy (non-hydrogen) atoms. The van der Waals surface area contributed by atoms with E-state index in [9.17, 15) is 67.1 Å². The van der Waals surface area contributed by atoms with Gasteiger partial charge in [0, 0.05) is 60.7 Å². The number of carbonyl (C=O) groups excluding carboxylic acids is 9. The molecule has 0 radical (unpaired) electrons. The summed E-state index contributed by atoms with van der Waals surface area (Å²) in [5, 5.41) is 11.6. The molecular weight excluding hydrogens is 1530 g/mol. The summed E-state index contributed by atoms with van der Waals surface area (Å²) in [6.07, 6.45) is 10.4. The van der Waals surface area contributed by atoms with Crippen molar-refractivity contribution in [3.05, 3.63) is 351 Å². The first kappa shape index (κ1) is 95.2. The molecule has 2 N–H and O–H groups in total. The summed E-state index contributed by atoms with van der Waals surface area (Å²) in [5.41, 5.74) is 2.57. The third-order valence-corrected chi connectivity index (χ3v) is 15.9. The number of amides is 1. The van der Waals surface area contributed by atoms with Crippen molar-refractivity contribution >= 4 is 58.6 Å². The van der Waals surface area contributed by atoms with Crippen molar-refractivity contribution in [1.29, 1.82) is 0 Å². The number of carboxylic acid groups (broad SMARTS) is 1. The number of carboxylic acids is 1. The largest absolute Gasteiger partial charge is 0.482 e. The molecule has 0 aliphatic rings. The van der Waals surface area contributed by atoms with Gasteiger partial charge >= 0.3 is 5.97 Å². The van der Waals surface area contributed by atoms with Crippen LogP contribution in [-0.2, 0) is 69.7 Å². The van der Waals surface area contributed by atoms with Gasteiger partial charge < -0.3 is 66.3 Å². The van der Waals surface area contributed by atoms with Crippen molar-refractivity contribution in [1.82, 2.24) is 15.1 Å². The molecule has 0 atom stereocenters. The molecule has 1 amide bonds. The molecule has 28 nitrogen and oxygen atoms in total. The summed E-state index contributed by atoms with van der Waals surface area (Å²) in [6, 6.07) is 56.3. The van der Waals surface area contributed by atoms with Gasteiger partial charge in [0.05, 0.1) is 18.8 Å². The Balaban J connectivity index is 0.000000260. The highest BCUT2D eigenvalue weighted by atomic mass is 16.5. The summed E-state index contributed by atoms with van der Waals surface area (Å²) < 4.78 is 52.7. The number of benzene rings is 6. The molecule has 28 heteroatoms. The number of ether oxygens (including phenoxy) is 6. The molecule has 0 aliphatic carbocycles. The third kappa shape index (κ3) is 32.8. The van der Waals surface area contributed by atoms with Crippen LogP contribution in [0.3, 0.4) is 0 Å². The molecule has 0 saturated heterocycles. The van der Waals surface area contributed by atoms with Gasteiger partial charge in [-0.2, -0.15) is 0 Å². The minimum Gasteiger partial charge on any atom is -0.482 e. The van der Waals surface area contributed by atoms with Crippen LogP contribution >= 0.6 is 0 Å². The number of methoxy groups -OCH3 is 1. The number of carbonyl (C=O) groups is 10. The molecule has 6 aromatic carbocycles. The van der Waals surface area contributed by atoms with E-state index in [1.165, 1.54) is 67.2 Å². The van der Waals surface area contributed by atoms with Crippen LogP contribution in [0.25, 0.3) is 0 Å². The molecule has 10 aromatic rings. The number of aldehydes is 1. The van der Waals surface area contributed by atoms with Crippen LogP contribution in [0.5, 0.6) is 23.0 Å². The van der Waals surface area contributed by atoms with Gasteiger partial charge in [0.15, 0.2) is 46.8 Å². The fourth-order valence-corrected chi connectivity index (χ4v) is 9.88. The van der Waals surface area contributed by atoms with E-state index >= 15 is 0 Å². The summed E-state index contributed by atoms with van der Waals surface area (Å²) in [5.74, 6) is -5.83. The van der Waals surface area contributed by atoms with Gasteiger partial charge in [-0.3, -0.25) is 62.3 Å². The topological polar surface area (TPSA) is 386 Å². The number of hydrogen-bond acceptors (Lipinski definition) is 26. The molecule has 622 valence electrons. The van der Waals surface area contributed by atoms with Crippen LogP contribution in [0, 0.1) is 0 Å². The van der Waals surface area contributed by atoms with E-state index in [1.54, 1.807) is 49.5 Å². The maximum atomic E-state index is 12.7. The first-order chi connectivity index (χ1) is 57.0. The number of aromatic carboxylic acids is 1. The van der Waals surface area contributed by atoms with Crippen LogP contribution in [0.4, 0.5) is 0 Å². The second-order valence-electron chi connectivity index (χ2n) is 26.0. The average molecular weight is 1630 g/mol. The number of nitrogens with one attached hydrogen (secondary N) is 1. The number of aryl methyl sites for hydroxylation is 2. The maximum absolute atomic E-state index is 12.7.